The minimum atomic E-state index is -4.07. The maximum atomic E-state index is 13.7. The lowest BCUT2D eigenvalue weighted by Gasteiger charge is -2.28. The number of benzene rings is 2. The van der Waals surface area contributed by atoms with Crippen LogP contribution in [0.1, 0.15) is 30.4 Å². The molecule has 2 aromatic rings. The van der Waals surface area contributed by atoms with E-state index in [0.717, 1.165) is 18.4 Å². The van der Waals surface area contributed by atoms with Gasteiger partial charge < -0.3 is 15.6 Å². The number of aliphatic hydroxyl groups is 1. The van der Waals surface area contributed by atoms with Crippen molar-refractivity contribution in [2.24, 2.45) is 5.73 Å². The molecule has 0 amide bonds. The molecule has 3 N–H and O–H groups in total. The molecular formula is C24H31N3O6S. The van der Waals surface area contributed by atoms with Crippen LogP contribution in [0.3, 0.4) is 0 Å². The van der Waals surface area contributed by atoms with E-state index in [1.165, 1.54) is 22.5 Å². The molecule has 0 unspecified atom stereocenters. The van der Waals surface area contributed by atoms with Crippen molar-refractivity contribution in [2.45, 2.75) is 49.3 Å². The topological polar surface area (TPSA) is 136 Å². The summed E-state index contributed by atoms with van der Waals surface area (Å²) in [6, 6.07) is 12.4. The second-order valence-corrected chi connectivity index (χ2v) is 10.2. The van der Waals surface area contributed by atoms with Crippen molar-refractivity contribution < 1.29 is 23.2 Å². The molecule has 2 aromatic carbocycles. The molecule has 0 saturated heterocycles. The Kier molecular flexibility index (Phi) is 9.31. The Balaban J connectivity index is 1.89. The van der Waals surface area contributed by atoms with Gasteiger partial charge in [-0.25, -0.2) is 8.42 Å². The highest BCUT2D eigenvalue weighted by atomic mass is 32.2. The number of hydrogen-bond donors (Lipinski definition) is 2. The van der Waals surface area contributed by atoms with Gasteiger partial charge in [-0.2, -0.15) is 4.31 Å². The Bertz CT molecular complexity index is 1090. The minimum absolute atomic E-state index is 0.0647. The number of hydrogen-bond acceptors (Lipinski definition) is 7. The zero-order valence-electron chi connectivity index (χ0n) is 19.0. The van der Waals surface area contributed by atoms with Gasteiger partial charge in [0.25, 0.3) is 5.69 Å². The van der Waals surface area contributed by atoms with Crippen molar-refractivity contribution >= 4 is 15.7 Å². The molecule has 0 radical (unpaired) electrons. The van der Waals surface area contributed by atoms with E-state index in [4.69, 9.17) is 10.5 Å². The zero-order valence-corrected chi connectivity index (χ0v) is 19.8. The number of nitro benzene ring substituents is 1. The van der Waals surface area contributed by atoms with Crippen molar-refractivity contribution in [1.82, 2.24) is 4.31 Å². The van der Waals surface area contributed by atoms with Crippen LogP contribution in [-0.2, 0) is 27.8 Å². The van der Waals surface area contributed by atoms with Crippen LogP contribution in [0.5, 0.6) is 0 Å². The van der Waals surface area contributed by atoms with E-state index in [2.05, 4.69) is 0 Å². The van der Waals surface area contributed by atoms with E-state index in [1.54, 1.807) is 0 Å². The fraction of sp³-hybridized carbons (Fsp3) is 0.417. The Morgan fingerprint density at radius 2 is 1.91 bits per heavy atom. The van der Waals surface area contributed by atoms with Crippen LogP contribution in [-0.4, -0.2) is 54.6 Å². The van der Waals surface area contributed by atoms with E-state index in [9.17, 15) is 23.6 Å². The second kappa shape index (κ2) is 12.2. The monoisotopic (exact) mass is 489 g/mol. The molecule has 1 heterocycles. The van der Waals surface area contributed by atoms with Crippen LogP contribution < -0.4 is 5.73 Å². The quantitative estimate of drug-likeness (QED) is 0.362. The minimum Gasteiger partial charge on any atom is -0.390 e. The van der Waals surface area contributed by atoms with Crippen LogP contribution in [0.15, 0.2) is 65.6 Å². The molecule has 1 aliphatic heterocycles. The normalized spacial score (nSPS) is 19.1. The van der Waals surface area contributed by atoms with Crippen molar-refractivity contribution in [2.75, 3.05) is 19.7 Å². The number of allylic oxidation sites excluding steroid dienone is 1. The summed E-state index contributed by atoms with van der Waals surface area (Å²) in [5, 5.41) is 22.1. The number of aliphatic hydroxyl groups excluding tert-OH is 1. The lowest BCUT2D eigenvalue weighted by molar-refractivity contribution is -0.385. The molecule has 184 valence electrons. The first-order valence-corrected chi connectivity index (χ1v) is 12.7. The summed E-state index contributed by atoms with van der Waals surface area (Å²) in [4.78, 5) is 10.6. The Labute approximate surface area is 200 Å². The van der Waals surface area contributed by atoms with Crippen LogP contribution in [0, 0.1) is 10.1 Å². The van der Waals surface area contributed by atoms with Gasteiger partial charge in [-0.15, -0.1) is 0 Å². The SMILES string of the molecule is N[C@@H](Cc1ccccc1)[C@H](O)CN1CCCCC=CCOCc2cc([N+](=O)[O-])ccc2S1(=O)=O. The molecule has 3 rings (SSSR count). The third kappa shape index (κ3) is 6.94. The number of nitro groups is 1. The Hall–Kier alpha value is -2.63. The van der Waals surface area contributed by atoms with E-state index >= 15 is 0 Å². The van der Waals surface area contributed by atoms with E-state index in [1.807, 2.05) is 42.5 Å². The van der Waals surface area contributed by atoms with Gasteiger partial charge in [0.2, 0.25) is 10.0 Å². The summed E-state index contributed by atoms with van der Waals surface area (Å²) in [6.45, 7) is 0.204. The summed E-state index contributed by atoms with van der Waals surface area (Å²) < 4.78 is 34.1. The highest BCUT2D eigenvalue weighted by Crippen LogP contribution is 2.27. The number of non-ortho nitro benzene ring substituents is 1. The molecule has 0 saturated carbocycles. The van der Waals surface area contributed by atoms with Gasteiger partial charge in [-0.3, -0.25) is 10.1 Å². The zero-order chi connectivity index (χ0) is 24.6. The molecule has 9 nitrogen and oxygen atoms in total. The Morgan fingerprint density at radius 1 is 1.15 bits per heavy atom. The molecule has 0 spiro atoms. The number of nitrogens with two attached hydrogens (primary N) is 1. The summed E-state index contributed by atoms with van der Waals surface area (Å²) in [7, 11) is -4.07. The van der Waals surface area contributed by atoms with Crippen molar-refractivity contribution in [3.63, 3.8) is 0 Å². The van der Waals surface area contributed by atoms with Gasteiger partial charge in [-0.05, 0) is 37.3 Å². The fourth-order valence-electron chi connectivity index (χ4n) is 3.83. The van der Waals surface area contributed by atoms with Crippen LogP contribution in [0.2, 0.25) is 0 Å². The standard InChI is InChI=1S/C24H31N3O6S/c25-22(15-19-9-5-4-6-10-19)23(28)17-26-13-7-2-1-3-8-14-33-18-20-16-21(27(29)30)11-12-24(20)34(26,31)32/h3-6,8-12,16,22-23,28H,1-2,7,13-15,17-18,25H2/t22-,23+/m0/s1. The third-order valence-electron chi connectivity index (χ3n) is 5.74. The largest absolute Gasteiger partial charge is 0.390 e. The fourth-order valence-corrected chi connectivity index (χ4v) is 5.52. The maximum Gasteiger partial charge on any atom is 0.269 e. The van der Waals surface area contributed by atoms with Crippen molar-refractivity contribution in [1.29, 1.82) is 0 Å². The summed E-state index contributed by atoms with van der Waals surface area (Å²) in [5.41, 5.74) is 7.16. The molecule has 10 heteroatoms. The predicted molar refractivity (Wildman–Crippen MR) is 129 cm³/mol. The second-order valence-electron chi connectivity index (χ2n) is 8.32. The van der Waals surface area contributed by atoms with Crippen LogP contribution >= 0.6 is 0 Å². The van der Waals surface area contributed by atoms with E-state index in [-0.39, 0.29) is 42.4 Å². The predicted octanol–water partition coefficient (Wildman–Crippen LogP) is 2.77. The van der Waals surface area contributed by atoms with Gasteiger partial charge in [0.15, 0.2) is 0 Å². The molecule has 34 heavy (non-hydrogen) atoms. The van der Waals surface area contributed by atoms with E-state index in [0.29, 0.717) is 12.8 Å². The summed E-state index contributed by atoms with van der Waals surface area (Å²) in [5.74, 6) is 0. The molecule has 2 atom stereocenters. The average molecular weight is 490 g/mol. The molecule has 0 fully saturated rings. The van der Waals surface area contributed by atoms with Crippen LogP contribution in [0.4, 0.5) is 5.69 Å². The van der Waals surface area contributed by atoms with Crippen LogP contribution in [0.25, 0.3) is 0 Å². The highest BCUT2D eigenvalue weighted by molar-refractivity contribution is 7.89. The molecule has 0 aliphatic carbocycles. The number of nitrogens with zero attached hydrogens (tertiary/aromatic N) is 2. The highest BCUT2D eigenvalue weighted by Gasteiger charge is 2.31. The number of sulfonamides is 1. The maximum absolute atomic E-state index is 13.7. The molecule has 0 aromatic heterocycles. The summed E-state index contributed by atoms with van der Waals surface area (Å²) >= 11 is 0. The lowest BCUT2D eigenvalue weighted by Crippen LogP contribution is -2.47. The lowest BCUT2D eigenvalue weighted by atomic mass is 10.0. The number of β-amino-alcohol motifs (C(OH)–C–C–N with tert-alkyl or cyclic N) is 1. The van der Waals surface area contributed by atoms with Gasteiger partial charge in [-0.1, -0.05) is 42.5 Å². The molecular weight excluding hydrogens is 458 g/mol. The number of ether oxygens (including phenoxy) is 1. The first kappa shape index (κ1) is 26.0. The number of fused-ring (bicyclic) bond motifs is 1. The van der Waals surface area contributed by atoms with Crippen molar-refractivity contribution in [3.8, 4) is 0 Å². The third-order valence-corrected chi connectivity index (χ3v) is 7.70. The van der Waals surface area contributed by atoms with Crippen molar-refractivity contribution in [3.05, 3.63) is 81.9 Å². The molecule has 1 aliphatic rings. The van der Waals surface area contributed by atoms with Gasteiger partial charge in [0, 0.05) is 36.8 Å². The average Bonchev–Trinajstić information content (AvgIpc) is 2.82. The van der Waals surface area contributed by atoms with Gasteiger partial charge in [0.05, 0.1) is 29.1 Å². The molecule has 0 bridgehead atoms. The number of rotatable bonds is 6. The first-order chi connectivity index (χ1) is 16.3. The van der Waals surface area contributed by atoms with Gasteiger partial charge in [0.1, 0.15) is 0 Å². The van der Waals surface area contributed by atoms with E-state index < -0.39 is 27.1 Å². The van der Waals surface area contributed by atoms with Gasteiger partial charge >= 0.3 is 0 Å². The first-order valence-electron chi connectivity index (χ1n) is 11.3. The Morgan fingerprint density at radius 3 is 2.65 bits per heavy atom. The smallest absolute Gasteiger partial charge is 0.269 e. The summed E-state index contributed by atoms with van der Waals surface area (Å²) in [6.07, 6.45) is 5.25.